The highest BCUT2D eigenvalue weighted by Gasteiger charge is 2.27. The molecule has 7 nitrogen and oxygen atoms in total. The summed E-state index contributed by atoms with van der Waals surface area (Å²) in [6.45, 7) is 1.15. The third kappa shape index (κ3) is 2.81. The van der Waals surface area contributed by atoms with Crippen LogP contribution in [-0.2, 0) is 24.4 Å². The van der Waals surface area contributed by atoms with Gasteiger partial charge in [0.1, 0.15) is 11.9 Å². The number of nitrogens with one attached hydrogen (secondary N) is 1. The van der Waals surface area contributed by atoms with Gasteiger partial charge in [0.05, 0.1) is 31.7 Å². The van der Waals surface area contributed by atoms with E-state index in [1.807, 2.05) is 30.3 Å². The fourth-order valence-electron chi connectivity index (χ4n) is 2.72. The average Bonchev–Trinajstić information content (AvgIpc) is 3.29. The second-order valence-electron chi connectivity index (χ2n) is 5.54. The van der Waals surface area contributed by atoms with E-state index >= 15 is 0 Å². The summed E-state index contributed by atoms with van der Waals surface area (Å²) < 4.78 is 12.8. The minimum atomic E-state index is -0.283. The molecule has 1 amide bonds. The molecule has 4 rings (SSSR count). The van der Waals surface area contributed by atoms with Gasteiger partial charge in [-0.2, -0.15) is 0 Å². The van der Waals surface area contributed by atoms with Crippen LogP contribution in [-0.4, -0.2) is 20.9 Å². The Labute approximate surface area is 138 Å². The van der Waals surface area contributed by atoms with Crippen LogP contribution in [0.4, 0.5) is 0 Å². The molecule has 122 valence electrons. The number of furan rings is 1. The summed E-state index contributed by atoms with van der Waals surface area (Å²) in [5.41, 5.74) is 2.08. The maximum absolute atomic E-state index is 12.3. The van der Waals surface area contributed by atoms with E-state index in [1.54, 1.807) is 23.1 Å². The lowest BCUT2D eigenvalue weighted by Crippen LogP contribution is -2.27. The molecule has 1 N–H and O–H groups in total. The summed E-state index contributed by atoms with van der Waals surface area (Å²) >= 11 is 0. The van der Waals surface area contributed by atoms with Gasteiger partial charge in [-0.1, -0.05) is 35.5 Å². The van der Waals surface area contributed by atoms with Crippen LogP contribution < -0.4 is 5.32 Å². The van der Waals surface area contributed by atoms with E-state index in [9.17, 15) is 4.79 Å². The third-order valence-corrected chi connectivity index (χ3v) is 3.99. The number of ether oxygens (including phenoxy) is 1. The molecule has 1 aliphatic rings. The Hall–Kier alpha value is -2.93. The Morgan fingerprint density at radius 1 is 1.25 bits per heavy atom. The highest BCUT2D eigenvalue weighted by molar-refractivity contribution is 5.93. The summed E-state index contributed by atoms with van der Waals surface area (Å²) in [6, 6.07) is 13.5. The van der Waals surface area contributed by atoms with Crippen molar-refractivity contribution >= 4 is 5.91 Å². The number of hydrogen-bond acceptors (Lipinski definition) is 5. The Morgan fingerprint density at radius 2 is 2.12 bits per heavy atom. The topological polar surface area (TPSA) is 82.2 Å². The van der Waals surface area contributed by atoms with E-state index in [0.29, 0.717) is 36.8 Å². The zero-order valence-electron chi connectivity index (χ0n) is 12.9. The van der Waals surface area contributed by atoms with Crippen molar-refractivity contribution in [1.29, 1.82) is 0 Å². The quantitative estimate of drug-likeness (QED) is 0.794. The first-order valence-corrected chi connectivity index (χ1v) is 7.71. The minimum Gasteiger partial charge on any atom is -0.467 e. The average molecular weight is 324 g/mol. The number of nitrogens with zero attached hydrogens (tertiary/aromatic N) is 3. The van der Waals surface area contributed by atoms with Crippen molar-refractivity contribution in [2.24, 2.45) is 0 Å². The van der Waals surface area contributed by atoms with E-state index in [-0.39, 0.29) is 12.0 Å². The highest BCUT2D eigenvalue weighted by atomic mass is 16.5. The second kappa shape index (κ2) is 6.29. The number of amides is 1. The van der Waals surface area contributed by atoms with Crippen molar-refractivity contribution in [3.63, 3.8) is 0 Å². The molecule has 1 atom stereocenters. The van der Waals surface area contributed by atoms with E-state index < -0.39 is 0 Å². The van der Waals surface area contributed by atoms with Gasteiger partial charge in [0, 0.05) is 0 Å². The molecule has 0 saturated heterocycles. The summed E-state index contributed by atoms with van der Waals surface area (Å²) in [5, 5.41) is 10.9. The Bertz CT molecular complexity index is 827. The van der Waals surface area contributed by atoms with Gasteiger partial charge < -0.3 is 14.5 Å². The molecular formula is C17H16N4O3. The van der Waals surface area contributed by atoms with Crippen molar-refractivity contribution < 1.29 is 13.9 Å². The predicted octanol–water partition coefficient (Wildman–Crippen LogP) is 2.07. The fraction of sp³-hybridized carbons (Fsp3) is 0.235. The Morgan fingerprint density at radius 3 is 2.92 bits per heavy atom. The zero-order chi connectivity index (χ0) is 16.4. The van der Waals surface area contributed by atoms with Crippen LogP contribution in [0.15, 0.2) is 53.1 Å². The lowest BCUT2D eigenvalue weighted by Gasteiger charge is -2.24. The molecule has 0 bridgehead atoms. The minimum absolute atomic E-state index is 0.0839. The van der Waals surface area contributed by atoms with Crippen molar-refractivity contribution in [3.05, 3.63) is 71.4 Å². The van der Waals surface area contributed by atoms with Gasteiger partial charge >= 0.3 is 0 Å². The standard InChI is InChI=1S/C17H16N4O3/c22-17(18-9-13-7-4-8-23-13)16-14-11-24-15(10-21(14)20-19-16)12-5-2-1-3-6-12/h1-8,15H,9-11H2,(H,18,22). The van der Waals surface area contributed by atoms with E-state index in [0.717, 1.165) is 5.56 Å². The first-order valence-electron chi connectivity index (χ1n) is 7.71. The Balaban J connectivity index is 1.47. The number of hydrogen-bond donors (Lipinski definition) is 1. The summed E-state index contributed by atoms with van der Waals surface area (Å²) in [6.07, 6.45) is 1.48. The third-order valence-electron chi connectivity index (χ3n) is 3.99. The number of fused-ring (bicyclic) bond motifs is 1. The SMILES string of the molecule is O=C(NCc1ccco1)c1nnn2c1COC(c1ccccc1)C2. The van der Waals surface area contributed by atoms with Crippen molar-refractivity contribution in [2.75, 3.05) is 0 Å². The monoisotopic (exact) mass is 324 g/mol. The smallest absolute Gasteiger partial charge is 0.274 e. The molecule has 3 aromatic rings. The van der Waals surface area contributed by atoms with Gasteiger partial charge in [-0.05, 0) is 17.7 Å². The number of carbonyl (C=O) groups is 1. The zero-order valence-corrected chi connectivity index (χ0v) is 12.9. The molecule has 7 heteroatoms. The molecule has 1 unspecified atom stereocenters. The summed E-state index contributed by atoms with van der Waals surface area (Å²) in [4.78, 5) is 12.3. The van der Waals surface area contributed by atoms with E-state index in [2.05, 4.69) is 15.6 Å². The molecular weight excluding hydrogens is 308 g/mol. The van der Waals surface area contributed by atoms with Gasteiger partial charge in [-0.25, -0.2) is 4.68 Å². The van der Waals surface area contributed by atoms with E-state index in [4.69, 9.17) is 9.15 Å². The first-order chi connectivity index (χ1) is 11.8. The largest absolute Gasteiger partial charge is 0.467 e. The fourth-order valence-corrected chi connectivity index (χ4v) is 2.72. The van der Waals surface area contributed by atoms with Crippen molar-refractivity contribution in [3.8, 4) is 0 Å². The van der Waals surface area contributed by atoms with Crippen LogP contribution in [0.2, 0.25) is 0 Å². The Kier molecular flexibility index (Phi) is 3.84. The van der Waals surface area contributed by atoms with E-state index in [1.165, 1.54) is 0 Å². The van der Waals surface area contributed by atoms with Gasteiger partial charge in [-0.3, -0.25) is 4.79 Å². The molecule has 1 aromatic carbocycles. The number of aromatic nitrogens is 3. The molecule has 2 aromatic heterocycles. The molecule has 3 heterocycles. The summed E-state index contributed by atoms with van der Waals surface area (Å²) in [5.74, 6) is 0.402. The van der Waals surface area contributed by atoms with Crippen LogP contribution in [0.3, 0.4) is 0 Å². The number of benzene rings is 1. The molecule has 0 fully saturated rings. The molecule has 0 spiro atoms. The number of rotatable bonds is 4. The molecule has 1 aliphatic heterocycles. The van der Waals surface area contributed by atoms with Gasteiger partial charge in [-0.15, -0.1) is 5.10 Å². The van der Waals surface area contributed by atoms with Crippen molar-refractivity contribution in [2.45, 2.75) is 25.8 Å². The van der Waals surface area contributed by atoms with Crippen LogP contribution in [0.25, 0.3) is 0 Å². The predicted molar refractivity (Wildman–Crippen MR) is 83.9 cm³/mol. The van der Waals surface area contributed by atoms with Gasteiger partial charge in [0.15, 0.2) is 5.69 Å². The number of carbonyl (C=O) groups excluding carboxylic acids is 1. The van der Waals surface area contributed by atoms with Crippen LogP contribution >= 0.6 is 0 Å². The second-order valence-corrected chi connectivity index (χ2v) is 5.54. The lowest BCUT2D eigenvalue weighted by atomic mass is 10.1. The first kappa shape index (κ1) is 14.6. The van der Waals surface area contributed by atoms with Crippen LogP contribution in [0.5, 0.6) is 0 Å². The normalized spacial score (nSPS) is 16.6. The molecule has 0 aliphatic carbocycles. The van der Waals surface area contributed by atoms with Gasteiger partial charge in [0.25, 0.3) is 5.91 Å². The molecule has 24 heavy (non-hydrogen) atoms. The maximum Gasteiger partial charge on any atom is 0.274 e. The van der Waals surface area contributed by atoms with Crippen LogP contribution in [0, 0.1) is 0 Å². The molecule has 0 saturated carbocycles. The van der Waals surface area contributed by atoms with Gasteiger partial charge in [0.2, 0.25) is 0 Å². The molecule has 0 radical (unpaired) electrons. The summed E-state index contributed by atoms with van der Waals surface area (Å²) in [7, 11) is 0. The highest BCUT2D eigenvalue weighted by Crippen LogP contribution is 2.26. The van der Waals surface area contributed by atoms with Crippen LogP contribution in [0.1, 0.15) is 33.6 Å². The van der Waals surface area contributed by atoms with Crippen molar-refractivity contribution in [1.82, 2.24) is 20.3 Å². The maximum atomic E-state index is 12.3. The lowest BCUT2D eigenvalue weighted by molar-refractivity contribution is -0.00177.